The van der Waals surface area contributed by atoms with Gasteiger partial charge in [0.15, 0.2) is 5.82 Å². The van der Waals surface area contributed by atoms with E-state index in [9.17, 15) is 8.42 Å². The maximum atomic E-state index is 12.3. The lowest BCUT2D eigenvalue weighted by Crippen LogP contribution is -2.26. The molecule has 0 aliphatic rings. The van der Waals surface area contributed by atoms with Crippen LogP contribution in [0, 0.1) is 0 Å². The quantitative estimate of drug-likeness (QED) is 0.647. The SMILES string of the molecule is CCOc1ccc(S(=O)(=O)NCCc2cnc(-c3ccccc3)nc2)cc1. The molecule has 0 spiro atoms. The Hall–Kier alpha value is -2.77. The van der Waals surface area contributed by atoms with Crippen molar-refractivity contribution in [2.75, 3.05) is 13.2 Å². The summed E-state index contributed by atoms with van der Waals surface area (Å²) in [5.41, 5.74) is 1.81. The minimum absolute atomic E-state index is 0.210. The molecule has 140 valence electrons. The number of hydrogen-bond acceptors (Lipinski definition) is 5. The van der Waals surface area contributed by atoms with Gasteiger partial charge in [0.1, 0.15) is 5.75 Å². The number of aromatic nitrogens is 2. The molecule has 2 aromatic carbocycles. The van der Waals surface area contributed by atoms with Gasteiger partial charge in [-0.1, -0.05) is 30.3 Å². The second kappa shape index (κ2) is 8.75. The number of benzene rings is 2. The van der Waals surface area contributed by atoms with Crippen molar-refractivity contribution in [1.82, 2.24) is 14.7 Å². The van der Waals surface area contributed by atoms with E-state index in [-0.39, 0.29) is 11.4 Å². The Morgan fingerprint density at radius 3 is 2.26 bits per heavy atom. The van der Waals surface area contributed by atoms with Gasteiger partial charge in [-0.25, -0.2) is 23.1 Å². The molecule has 0 aliphatic heterocycles. The van der Waals surface area contributed by atoms with E-state index in [4.69, 9.17) is 4.74 Å². The summed E-state index contributed by atoms with van der Waals surface area (Å²) in [5, 5.41) is 0. The van der Waals surface area contributed by atoms with Gasteiger partial charge in [0.2, 0.25) is 10.0 Å². The molecule has 1 aromatic heterocycles. The van der Waals surface area contributed by atoms with Crippen molar-refractivity contribution in [2.24, 2.45) is 0 Å². The molecule has 0 amide bonds. The summed E-state index contributed by atoms with van der Waals surface area (Å²) >= 11 is 0. The van der Waals surface area contributed by atoms with Crippen LogP contribution in [0.3, 0.4) is 0 Å². The van der Waals surface area contributed by atoms with E-state index in [2.05, 4.69) is 14.7 Å². The van der Waals surface area contributed by atoms with Gasteiger partial charge < -0.3 is 4.74 Å². The van der Waals surface area contributed by atoms with Crippen LogP contribution in [0.25, 0.3) is 11.4 Å². The third-order valence-corrected chi connectivity index (χ3v) is 5.37. The lowest BCUT2D eigenvalue weighted by Gasteiger charge is -2.08. The fraction of sp³-hybridized carbons (Fsp3) is 0.200. The highest BCUT2D eigenvalue weighted by molar-refractivity contribution is 7.89. The molecule has 27 heavy (non-hydrogen) atoms. The monoisotopic (exact) mass is 383 g/mol. The second-order valence-electron chi connectivity index (χ2n) is 5.83. The number of hydrogen-bond donors (Lipinski definition) is 1. The van der Waals surface area contributed by atoms with Crippen LogP contribution in [0.1, 0.15) is 12.5 Å². The molecule has 3 rings (SSSR count). The normalized spacial score (nSPS) is 11.3. The van der Waals surface area contributed by atoms with Gasteiger partial charge in [-0.3, -0.25) is 0 Å². The molecule has 0 fully saturated rings. The zero-order valence-electron chi connectivity index (χ0n) is 15.0. The molecule has 1 heterocycles. The second-order valence-corrected chi connectivity index (χ2v) is 7.60. The number of nitrogens with one attached hydrogen (secondary N) is 1. The highest BCUT2D eigenvalue weighted by atomic mass is 32.2. The van der Waals surface area contributed by atoms with Crippen LogP contribution < -0.4 is 9.46 Å². The number of nitrogens with zero attached hydrogens (tertiary/aromatic N) is 2. The molecular formula is C20H21N3O3S. The summed E-state index contributed by atoms with van der Waals surface area (Å²) in [5.74, 6) is 1.29. The van der Waals surface area contributed by atoms with Gasteiger partial charge in [-0.05, 0) is 43.2 Å². The van der Waals surface area contributed by atoms with Crippen LogP contribution in [0.2, 0.25) is 0 Å². The Morgan fingerprint density at radius 1 is 0.963 bits per heavy atom. The van der Waals surface area contributed by atoms with E-state index in [1.54, 1.807) is 24.5 Å². The van der Waals surface area contributed by atoms with Crippen molar-refractivity contribution >= 4 is 10.0 Å². The molecule has 0 atom stereocenters. The molecule has 0 bridgehead atoms. The Morgan fingerprint density at radius 2 is 1.63 bits per heavy atom. The summed E-state index contributed by atoms with van der Waals surface area (Å²) in [6, 6.07) is 16.1. The van der Waals surface area contributed by atoms with Crippen molar-refractivity contribution < 1.29 is 13.2 Å². The Bertz CT molecular complexity index is 958. The summed E-state index contributed by atoms with van der Waals surface area (Å²) in [6.45, 7) is 2.68. The predicted octanol–water partition coefficient (Wildman–Crippen LogP) is 3.06. The summed E-state index contributed by atoms with van der Waals surface area (Å²) in [7, 11) is -3.56. The summed E-state index contributed by atoms with van der Waals surface area (Å²) in [4.78, 5) is 8.90. The first-order chi connectivity index (χ1) is 13.1. The van der Waals surface area contributed by atoms with Crippen molar-refractivity contribution in [3.8, 4) is 17.1 Å². The van der Waals surface area contributed by atoms with Gasteiger partial charge in [0.05, 0.1) is 11.5 Å². The van der Waals surface area contributed by atoms with E-state index in [1.165, 1.54) is 12.1 Å². The maximum Gasteiger partial charge on any atom is 0.240 e. The Balaban J connectivity index is 1.57. The highest BCUT2D eigenvalue weighted by Crippen LogP contribution is 2.16. The topological polar surface area (TPSA) is 81.2 Å². The molecule has 0 unspecified atom stereocenters. The molecule has 3 aromatic rings. The highest BCUT2D eigenvalue weighted by Gasteiger charge is 2.13. The number of sulfonamides is 1. The average molecular weight is 383 g/mol. The third-order valence-electron chi connectivity index (χ3n) is 3.89. The van der Waals surface area contributed by atoms with Crippen LogP contribution in [0.4, 0.5) is 0 Å². The summed E-state index contributed by atoms with van der Waals surface area (Å²) in [6.07, 6.45) is 3.95. The van der Waals surface area contributed by atoms with Crippen LogP contribution in [-0.4, -0.2) is 31.5 Å². The van der Waals surface area contributed by atoms with Gasteiger partial charge in [0.25, 0.3) is 0 Å². The molecule has 6 nitrogen and oxygen atoms in total. The van der Waals surface area contributed by atoms with Crippen LogP contribution in [0.15, 0.2) is 71.9 Å². The Labute approximate surface area is 159 Å². The van der Waals surface area contributed by atoms with Gasteiger partial charge in [-0.15, -0.1) is 0 Å². The van der Waals surface area contributed by atoms with Crippen molar-refractivity contribution in [2.45, 2.75) is 18.2 Å². The number of rotatable bonds is 8. The lowest BCUT2D eigenvalue weighted by molar-refractivity contribution is 0.340. The smallest absolute Gasteiger partial charge is 0.240 e. The zero-order chi connectivity index (χ0) is 19.1. The van der Waals surface area contributed by atoms with Crippen LogP contribution >= 0.6 is 0 Å². The van der Waals surface area contributed by atoms with Crippen molar-refractivity contribution in [1.29, 1.82) is 0 Å². The lowest BCUT2D eigenvalue weighted by atomic mass is 10.2. The molecule has 1 N–H and O–H groups in total. The maximum absolute atomic E-state index is 12.3. The van der Waals surface area contributed by atoms with E-state index in [1.807, 2.05) is 37.3 Å². The van der Waals surface area contributed by atoms with Gasteiger partial charge in [-0.2, -0.15) is 0 Å². The first-order valence-electron chi connectivity index (χ1n) is 8.67. The number of ether oxygens (including phenoxy) is 1. The minimum atomic E-state index is -3.56. The predicted molar refractivity (Wildman–Crippen MR) is 104 cm³/mol. The average Bonchev–Trinajstić information content (AvgIpc) is 2.70. The Kier molecular flexibility index (Phi) is 6.16. The van der Waals surface area contributed by atoms with Crippen molar-refractivity contribution in [3.05, 3.63) is 72.6 Å². The van der Waals surface area contributed by atoms with E-state index in [0.717, 1.165) is 11.1 Å². The molecule has 0 radical (unpaired) electrons. The molecular weight excluding hydrogens is 362 g/mol. The van der Waals surface area contributed by atoms with Gasteiger partial charge in [0, 0.05) is 24.5 Å². The van der Waals surface area contributed by atoms with Crippen LogP contribution in [0.5, 0.6) is 5.75 Å². The van der Waals surface area contributed by atoms with Gasteiger partial charge >= 0.3 is 0 Å². The molecule has 0 saturated carbocycles. The van der Waals surface area contributed by atoms with E-state index < -0.39 is 10.0 Å². The molecule has 0 aliphatic carbocycles. The first kappa shape index (κ1) is 19.0. The zero-order valence-corrected chi connectivity index (χ0v) is 15.8. The third kappa shape index (κ3) is 5.12. The van der Waals surface area contributed by atoms with Crippen LogP contribution in [-0.2, 0) is 16.4 Å². The molecule has 0 saturated heterocycles. The fourth-order valence-corrected chi connectivity index (χ4v) is 3.55. The van der Waals surface area contributed by atoms with E-state index >= 15 is 0 Å². The standard InChI is InChI=1S/C20H21N3O3S/c1-2-26-18-8-10-19(11-9-18)27(24,25)23-13-12-16-14-21-20(22-15-16)17-6-4-3-5-7-17/h3-11,14-15,23H,2,12-13H2,1H3. The largest absolute Gasteiger partial charge is 0.494 e. The first-order valence-corrected chi connectivity index (χ1v) is 10.2. The fourth-order valence-electron chi connectivity index (χ4n) is 2.51. The summed E-state index contributed by atoms with van der Waals surface area (Å²) < 4.78 is 32.6. The van der Waals surface area contributed by atoms with Crippen molar-refractivity contribution in [3.63, 3.8) is 0 Å². The minimum Gasteiger partial charge on any atom is -0.494 e. The van der Waals surface area contributed by atoms with E-state index in [0.29, 0.717) is 24.6 Å². The molecule has 7 heteroatoms.